The molecule has 0 spiro atoms. The number of hydrogen-bond acceptors (Lipinski definition) is 4. The van der Waals surface area contributed by atoms with Crippen LogP contribution in [0.25, 0.3) is 0 Å². The van der Waals surface area contributed by atoms with Crippen LogP contribution < -0.4 is 5.32 Å². The van der Waals surface area contributed by atoms with Gasteiger partial charge in [-0.3, -0.25) is 4.79 Å². The van der Waals surface area contributed by atoms with Gasteiger partial charge < -0.3 is 10.2 Å². The van der Waals surface area contributed by atoms with E-state index in [1.54, 1.807) is 6.20 Å². The molecule has 132 valence electrons. The van der Waals surface area contributed by atoms with E-state index in [1.165, 1.54) is 17.5 Å². The van der Waals surface area contributed by atoms with E-state index in [0.29, 0.717) is 18.0 Å². The van der Waals surface area contributed by atoms with E-state index in [2.05, 4.69) is 51.4 Å². The number of nitrogens with zero attached hydrogens (tertiary/aromatic N) is 3. The van der Waals surface area contributed by atoms with Crippen molar-refractivity contribution >= 4 is 5.91 Å². The second-order valence-electron chi connectivity index (χ2n) is 6.88. The molecule has 0 bridgehead atoms. The summed E-state index contributed by atoms with van der Waals surface area (Å²) >= 11 is 0. The first kappa shape index (κ1) is 17.5. The number of benzene rings is 1. The maximum absolute atomic E-state index is 12.6. The van der Waals surface area contributed by atoms with Crippen LogP contribution in [0.15, 0.2) is 36.8 Å². The van der Waals surface area contributed by atoms with Gasteiger partial charge in [0.05, 0.1) is 17.3 Å². The third-order valence-electron chi connectivity index (χ3n) is 4.80. The Morgan fingerprint density at radius 1 is 1.28 bits per heavy atom. The molecular weight excluding hydrogens is 312 g/mol. The van der Waals surface area contributed by atoms with E-state index in [0.717, 1.165) is 25.0 Å². The lowest BCUT2D eigenvalue weighted by Crippen LogP contribution is -2.35. The van der Waals surface area contributed by atoms with Gasteiger partial charge in [-0.1, -0.05) is 31.2 Å². The third kappa shape index (κ3) is 4.23. The van der Waals surface area contributed by atoms with Gasteiger partial charge in [0.25, 0.3) is 5.91 Å². The molecule has 1 aromatic heterocycles. The Hall–Kier alpha value is -2.27. The van der Waals surface area contributed by atoms with Crippen molar-refractivity contribution < 1.29 is 4.79 Å². The van der Waals surface area contributed by atoms with Crippen molar-refractivity contribution in [3.63, 3.8) is 0 Å². The highest BCUT2D eigenvalue weighted by Crippen LogP contribution is 2.40. The molecule has 2 aromatic rings. The zero-order valence-electron chi connectivity index (χ0n) is 15.2. The topological polar surface area (TPSA) is 58.1 Å². The summed E-state index contributed by atoms with van der Waals surface area (Å²) in [6.45, 7) is 2.70. The summed E-state index contributed by atoms with van der Waals surface area (Å²) in [7, 11) is 4.07. The Morgan fingerprint density at radius 2 is 2.00 bits per heavy atom. The van der Waals surface area contributed by atoms with Gasteiger partial charge in [0, 0.05) is 18.7 Å². The predicted octanol–water partition coefficient (Wildman–Crippen LogP) is 2.95. The number of aryl methyl sites for hydroxylation is 1. The molecule has 0 saturated heterocycles. The average molecular weight is 338 g/mol. The number of nitrogens with one attached hydrogen (secondary N) is 1. The summed E-state index contributed by atoms with van der Waals surface area (Å²) in [5.41, 5.74) is 4.03. The fraction of sp³-hybridized carbons (Fsp3) is 0.450. The smallest absolute Gasteiger partial charge is 0.254 e. The van der Waals surface area contributed by atoms with Crippen molar-refractivity contribution in [3.8, 4) is 0 Å². The number of carbonyl (C=O) groups is 1. The Balaban J connectivity index is 1.70. The van der Waals surface area contributed by atoms with Crippen molar-refractivity contribution in [3.05, 3.63) is 59.2 Å². The van der Waals surface area contributed by atoms with E-state index >= 15 is 0 Å². The summed E-state index contributed by atoms with van der Waals surface area (Å²) in [6, 6.07) is 8.74. The van der Waals surface area contributed by atoms with Gasteiger partial charge in [-0.15, -0.1) is 0 Å². The maximum atomic E-state index is 12.6. The number of carbonyl (C=O) groups excluding carboxylic acids is 1. The quantitative estimate of drug-likeness (QED) is 0.843. The van der Waals surface area contributed by atoms with Crippen LogP contribution in [-0.2, 0) is 6.42 Å². The second-order valence-corrected chi connectivity index (χ2v) is 6.88. The zero-order valence-corrected chi connectivity index (χ0v) is 15.2. The van der Waals surface area contributed by atoms with Gasteiger partial charge in [0.15, 0.2) is 0 Å². The number of rotatable bonds is 7. The van der Waals surface area contributed by atoms with Crippen LogP contribution in [0.1, 0.15) is 58.9 Å². The molecule has 25 heavy (non-hydrogen) atoms. The summed E-state index contributed by atoms with van der Waals surface area (Å²) in [6.07, 6.45) is 6.42. The Morgan fingerprint density at radius 3 is 2.60 bits per heavy atom. The molecule has 1 unspecified atom stereocenters. The molecule has 1 aromatic carbocycles. The minimum absolute atomic E-state index is 0.0838. The molecule has 1 aliphatic rings. The number of aromatic nitrogens is 2. The van der Waals surface area contributed by atoms with Crippen LogP contribution in [-0.4, -0.2) is 41.4 Å². The number of likely N-dealkylation sites (N-methyl/N-ethyl adjacent to an activating group) is 1. The molecule has 1 fully saturated rings. The molecular formula is C20H26N4O. The highest BCUT2D eigenvalue weighted by molar-refractivity contribution is 5.95. The first-order chi connectivity index (χ1) is 12.1. The van der Waals surface area contributed by atoms with Crippen molar-refractivity contribution in [1.29, 1.82) is 0 Å². The molecule has 0 aliphatic heterocycles. The fourth-order valence-electron chi connectivity index (χ4n) is 3.05. The van der Waals surface area contributed by atoms with Crippen LogP contribution in [0.4, 0.5) is 0 Å². The average Bonchev–Trinajstić information content (AvgIpc) is 3.47. The van der Waals surface area contributed by atoms with E-state index in [4.69, 9.17) is 0 Å². The number of hydrogen-bond donors (Lipinski definition) is 1. The Kier molecular flexibility index (Phi) is 5.43. The molecule has 1 atom stereocenters. The molecule has 1 N–H and O–H groups in total. The second kappa shape index (κ2) is 7.74. The van der Waals surface area contributed by atoms with E-state index < -0.39 is 0 Å². The Bertz CT molecular complexity index is 723. The van der Waals surface area contributed by atoms with Crippen molar-refractivity contribution in [1.82, 2.24) is 20.2 Å². The van der Waals surface area contributed by atoms with Gasteiger partial charge in [-0.25, -0.2) is 9.97 Å². The van der Waals surface area contributed by atoms with Gasteiger partial charge >= 0.3 is 0 Å². The van der Waals surface area contributed by atoms with E-state index in [9.17, 15) is 4.79 Å². The molecule has 5 heteroatoms. The lowest BCUT2D eigenvalue weighted by Gasteiger charge is -2.25. The molecule has 1 saturated carbocycles. The molecule has 1 aliphatic carbocycles. The Labute approximate surface area is 149 Å². The van der Waals surface area contributed by atoms with E-state index in [1.807, 2.05) is 14.1 Å². The first-order valence-corrected chi connectivity index (χ1v) is 8.93. The van der Waals surface area contributed by atoms with Gasteiger partial charge in [0.1, 0.15) is 6.33 Å². The maximum Gasteiger partial charge on any atom is 0.254 e. The third-order valence-corrected chi connectivity index (χ3v) is 4.80. The summed E-state index contributed by atoms with van der Waals surface area (Å²) in [5.74, 6) is 0.342. The molecule has 3 rings (SSSR count). The highest BCUT2D eigenvalue weighted by atomic mass is 16.1. The lowest BCUT2D eigenvalue weighted by atomic mass is 10.0. The van der Waals surface area contributed by atoms with Crippen LogP contribution >= 0.6 is 0 Å². The van der Waals surface area contributed by atoms with Gasteiger partial charge in [-0.05, 0) is 44.5 Å². The van der Waals surface area contributed by atoms with Gasteiger partial charge in [0.2, 0.25) is 0 Å². The van der Waals surface area contributed by atoms with Crippen molar-refractivity contribution in [2.24, 2.45) is 0 Å². The summed E-state index contributed by atoms with van der Waals surface area (Å²) in [4.78, 5) is 23.1. The monoisotopic (exact) mass is 338 g/mol. The van der Waals surface area contributed by atoms with E-state index in [-0.39, 0.29) is 11.9 Å². The van der Waals surface area contributed by atoms with Crippen molar-refractivity contribution in [2.45, 2.75) is 38.1 Å². The summed E-state index contributed by atoms with van der Waals surface area (Å²) in [5, 5.41) is 3.07. The SMILES string of the molecule is CCc1ccc(C(CNC(=O)c2cncnc2C2CC2)N(C)C)cc1. The van der Waals surface area contributed by atoms with Crippen LogP contribution in [0.5, 0.6) is 0 Å². The number of amides is 1. The normalized spacial score (nSPS) is 15.2. The summed E-state index contributed by atoms with van der Waals surface area (Å²) < 4.78 is 0. The van der Waals surface area contributed by atoms with Crippen LogP contribution in [0.3, 0.4) is 0 Å². The molecule has 1 heterocycles. The van der Waals surface area contributed by atoms with Crippen LogP contribution in [0.2, 0.25) is 0 Å². The minimum atomic E-state index is -0.0838. The largest absolute Gasteiger partial charge is 0.350 e. The predicted molar refractivity (Wildman–Crippen MR) is 98.6 cm³/mol. The van der Waals surface area contributed by atoms with Gasteiger partial charge in [-0.2, -0.15) is 0 Å². The molecule has 0 radical (unpaired) electrons. The van der Waals surface area contributed by atoms with Crippen molar-refractivity contribution in [2.75, 3.05) is 20.6 Å². The standard InChI is InChI=1S/C20H26N4O/c1-4-14-5-7-15(8-6-14)18(24(2)3)12-22-20(25)17-11-21-13-23-19(17)16-9-10-16/h5-8,11,13,16,18H,4,9-10,12H2,1-3H3,(H,22,25). The molecule has 5 nitrogen and oxygen atoms in total. The lowest BCUT2D eigenvalue weighted by molar-refractivity contribution is 0.0940. The van der Waals surface area contributed by atoms with Crippen LogP contribution in [0, 0.1) is 0 Å². The highest BCUT2D eigenvalue weighted by Gasteiger charge is 2.29. The molecule has 1 amide bonds. The minimum Gasteiger partial charge on any atom is -0.350 e. The first-order valence-electron chi connectivity index (χ1n) is 8.93. The zero-order chi connectivity index (χ0) is 17.8. The fourth-order valence-corrected chi connectivity index (χ4v) is 3.05.